The normalized spacial score (nSPS) is 14.3. The minimum atomic E-state index is -0.663. The van der Waals surface area contributed by atoms with Crippen molar-refractivity contribution in [3.05, 3.63) is 77.2 Å². The van der Waals surface area contributed by atoms with Crippen molar-refractivity contribution >= 4 is 28.8 Å². The third-order valence-corrected chi connectivity index (χ3v) is 4.98. The number of amides is 2. The maximum Gasteiger partial charge on any atom is 0.262 e. The van der Waals surface area contributed by atoms with Gasteiger partial charge in [-0.05, 0) is 37.3 Å². The van der Waals surface area contributed by atoms with E-state index in [9.17, 15) is 14.0 Å². The van der Waals surface area contributed by atoms with Gasteiger partial charge in [-0.25, -0.2) is 9.37 Å². The third kappa shape index (κ3) is 2.49. The highest BCUT2D eigenvalue weighted by Gasteiger charge is 2.40. The lowest BCUT2D eigenvalue weighted by Gasteiger charge is -2.25. The first-order chi connectivity index (χ1) is 13.5. The Morgan fingerprint density at radius 3 is 2.36 bits per heavy atom. The number of ether oxygens (including phenoxy) is 1. The molecule has 140 valence electrons. The summed E-state index contributed by atoms with van der Waals surface area (Å²) in [7, 11) is 1.48. The molecule has 2 aromatic carbocycles. The number of benzene rings is 2. The number of pyridine rings is 1. The zero-order chi connectivity index (χ0) is 20.0. The molecule has 1 aromatic heterocycles. The number of aromatic nitrogens is 1. The minimum absolute atomic E-state index is 0.370. The van der Waals surface area contributed by atoms with Crippen molar-refractivity contribution in [2.45, 2.75) is 13.0 Å². The molecule has 1 aliphatic heterocycles. The van der Waals surface area contributed by atoms with Crippen molar-refractivity contribution in [3.8, 4) is 5.75 Å². The summed E-state index contributed by atoms with van der Waals surface area (Å²) in [6, 6.07) is 10.2. The van der Waals surface area contributed by atoms with Crippen LogP contribution in [0.25, 0.3) is 17.0 Å². The van der Waals surface area contributed by atoms with Crippen molar-refractivity contribution in [3.63, 3.8) is 0 Å². The summed E-state index contributed by atoms with van der Waals surface area (Å²) in [6.07, 6.45) is 1.54. The molecule has 0 spiro atoms. The minimum Gasteiger partial charge on any atom is -0.495 e. The third-order valence-electron chi connectivity index (χ3n) is 4.98. The number of hydrogen-bond acceptors (Lipinski definition) is 4. The van der Waals surface area contributed by atoms with Gasteiger partial charge in [0, 0.05) is 10.9 Å². The van der Waals surface area contributed by atoms with Crippen LogP contribution in [0.3, 0.4) is 0 Å². The molecule has 0 N–H and O–H groups in total. The Morgan fingerprint density at radius 2 is 1.79 bits per heavy atom. The van der Waals surface area contributed by atoms with Crippen molar-refractivity contribution in [2.24, 2.45) is 0 Å². The molecule has 0 aliphatic carbocycles. The molecule has 0 bridgehead atoms. The smallest absolute Gasteiger partial charge is 0.262 e. The van der Waals surface area contributed by atoms with Gasteiger partial charge in [-0.3, -0.25) is 14.5 Å². The monoisotopic (exact) mass is 376 g/mol. The molecule has 4 rings (SSSR count). The first kappa shape index (κ1) is 17.9. The molecule has 1 aliphatic rings. The van der Waals surface area contributed by atoms with Gasteiger partial charge in [0.1, 0.15) is 11.6 Å². The zero-order valence-electron chi connectivity index (χ0n) is 15.4. The Bertz CT molecular complexity index is 1120. The van der Waals surface area contributed by atoms with Gasteiger partial charge in [0.05, 0.1) is 35.5 Å². The second-order valence-corrected chi connectivity index (χ2v) is 6.51. The molecule has 1 atom stereocenters. The molecule has 0 radical (unpaired) electrons. The standard InChI is InChI=1S/C22H17FN2O3/c1-4-14-19(24-18-10-9-13(23)11-17(18)20(14)28-3)12(2)25-21(26)15-7-5-6-8-16(15)22(25)27/h4-12H,1H2,2-3H3/t12-/m0/s1. The average Bonchev–Trinajstić information content (AvgIpc) is 2.96. The lowest BCUT2D eigenvalue weighted by molar-refractivity contribution is 0.0592. The van der Waals surface area contributed by atoms with E-state index < -0.39 is 11.9 Å². The molecule has 0 saturated heterocycles. The number of carbonyl (C=O) groups excluding carboxylic acids is 2. The molecule has 0 saturated carbocycles. The summed E-state index contributed by atoms with van der Waals surface area (Å²) in [5.74, 6) is -0.757. The number of rotatable bonds is 4. The first-order valence-corrected chi connectivity index (χ1v) is 8.74. The van der Waals surface area contributed by atoms with Gasteiger partial charge in [-0.2, -0.15) is 0 Å². The Kier molecular flexibility index (Phi) is 4.19. The number of carbonyl (C=O) groups is 2. The molecule has 5 nitrogen and oxygen atoms in total. The fourth-order valence-electron chi connectivity index (χ4n) is 3.66. The zero-order valence-corrected chi connectivity index (χ0v) is 15.4. The highest BCUT2D eigenvalue weighted by molar-refractivity contribution is 6.21. The fraction of sp³-hybridized carbons (Fsp3) is 0.136. The molecule has 3 aromatic rings. The fourth-order valence-corrected chi connectivity index (χ4v) is 3.66. The van der Waals surface area contributed by atoms with Crippen LogP contribution in [0.15, 0.2) is 49.0 Å². The number of fused-ring (bicyclic) bond motifs is 2. The second kappa shape index (κ2) is 6.56. The van der Waals surface area contributed by atoms with Gasteiger partial charge in [0.15, 0.2) is 0 Å². The molecule has 0 fully saturated rings. The molecular weight excluding hydrogens is 359 g/mol. The maximum absolute atomic E-state index is 13.7. The lowest BCUT2D eigenvalue weighted by Crippen LogP contribution is -2.33. The number of nitrogens with zero attached hydrogens (tertiary/aromatic N) is 2. The predicted octanol–water partition coefficient (Wildman–Crippen LogP) is 4.38. The summed E-state index contributed by atoms with van der Waals surface area (Å²) in [4.78, 5) is 31.5. The molecular formula is C22H17FN2O3. The van der Waals surface area contributed by atoms with E-state index in [2.05, 4.69) is 11.6 Å². The molecule has 28 heavy (non-hydrogen) atoms. The molecule has 0 unspecified atom stereocenters. The van der Waals surface area contributed by atoms with Crippen LogP contribution in [-0.4, -0.2) is 28.8 Å². The SMILES string of the molecule is C=Cc1c([C@H](C)N2C(=O)c3ccccc3C2=O)nc2ccc(F)cc2c1OC. The van der Waals surface area contributed by atoms with Gasteiger partial charge >= 0.3 is 0 Å². The number of hydrogen-bond donors (Lipinski definition) is 0. The van der Waals surface area contributed by atoms with E-state index in [4.69, 9.17) is 4.74 Å². The second-order valence-electron chi connectivity index (χ2n) is 6.51. The van der Waals surface area contributed by atoms with Gasteiger partial charge in [-0.15, -0.1) is 0 Å². The molecule has 2 heterocycles. The van der Waals surface area contributed by atoms with Crippen LogP contribution in [0.2, 0.25) is 0 Å². The van der Waals surface area contributed by atoms with Crippen LogP contribution in [-0.2, 0) is 0 Å². The lowest BCUT2D eigenvalue weighted by atomic mass is 10.0. The van der Waals surface area contributed by atoms with Gasteiger partial charge in [0.2, 0.25) is 0 Å². The van der Waals surface area contributed by atoms with E-state index in [-0.39, 0.29) is 11.8 Å². The summed E-state index contributed by atoms with van der Waals surface area (Å²) >= 11 is 0. The van der Waals surface area contributed by atoms with Crippen molar-refractivity contribution in [1.29, 1.82) is 0 Å². The Hall–Kier alpha value is -3.54. The van der Waals surface area contributed by atoms with E-state index in [1.165, 1.54) is 24.1 Å². The summed E-state index contributed by atoms with van der Waals surface area (Å²) in [5.41, 5.74) is 2.22. The van der Waals surface area contributed by atoms with Crippen molar-refractivity contribution in [1.82, 2.24) is 9.88 Å². The molecule has 2 amide bonds. The summed E-state index contributed by atoms with van der Waals surface area (Å²) in [6.45, 7) is 5.54. The Labute approximate surface area is 161 Å². The van der Waals surface area contributed by atoms with Crippen molar-refractivity contribution < 1.29 is 18.7 Å². The first-order valence-electron chi connectivity index (χ1n) is 8.74. The van der Waals surface area contributed by atoms with E-state index in [1.54, 1.807) is 43.3 Å². The number of halogens is 1. The van der Waals surface area contributed by atoms with Crippen LogP contribution in [0.5, 0.6) is 5.75 Å². The van der Waals surface area contributed by atoms with Crippen LogP contribution in [0, 0.1) is 5.82 Å². The van der Waals surface area contributed by atoms with E-state index in [0.717, 1.165) is 0 Å². The van der Waals surface area contributed by atoms with Gasteiger partial charge < -0.3 is 4.74 Å². The highest BCUT2D eigenvalue weighted by atomic mass is 19.1. The van der Waals surface area contributed by atoms with Gasteiger partial charge in [0.25, 0.3) is 11.8 Å². The number of imide groups is 1. The summed E-state index contributed by atoms with van der Waals surface area (Å²) in [5, 5.41) is 0.496. The van der Waals surface area contributed by atoms with E-state index in [0.29, 0.717) is 39.0 Å². The predicted molar refractivity (Wildman–Crippen MR) is 104 cm³/mol. The Morgan fingerprint density at radius 1 is 1.14 bits per heavy atom. The van der Waals surface area contributed by atoms with Gasteiger partial charge in [-0.1, -0.05) is 24.8 Å². The van der Waals surface area contributed by atoms with Crippen LogP contribution < -0.4 is 4.74 Å². The number of methoxy groups -OCH3 is 1. The summed E-state index contributed by atoms with van der Waals surface area (Å²) < 4.78 is 19.2. The van der Waals surface area contributed by atoms with Crippen LogP contribution in [0.4, 0.5) is 4.39 Å². The largest absolute Gasteiger partial charge is 0.495 e. The van der Waals surface area contributed by atoms with E-state index in [1.807, 2.05) is 0 Å². The van der Waals surface area contributed by atoms with Crippen LogP contribution >= 0.6 is 0 Å². The van der Waals surface area contributed by atoms with Crippen molar-refractivity contribution in [2.75, 3.05) is 7.11 Å². The van der Waals surface area contributed by atoms with E-state index >= 15 is 0 Å². The average molecular weight is 376 g/mol. The molecule has 6 heteroatoms. The highest BCUT2D eigenvalue weighted by Crippen LogP contribution is 2.38. The Balaban J connectivity index is 1.90. The quantitative estimate of drug-likeness (QED) is 0.634. The maximum atomic E-state index is 13.7. The topological polar surface area (TPSA) is 59.5 Å². The van der Waals surface area contributed by atoms with Crippen LogP contribution in [0.1, 0.15) is 44.9 Å².